The maximum atomic E-state index is 6.32. The highest BCUT2D eigenvalue weighted by Crippen LogP contribution is 2.45. The lowest BCUT2D eigenvalue weighted by atomic mass is 10.1. The van der Waals surface area contributed by atoms with Crippen molar-refractivity contribution in [3.8, 4) is 0 Å². The molecule has 0 fully saturated rings. The summed E-state index contributed by atoms with van der Waals surface area (Å²) in [5, 5.41) is 0.814. The molecule has 2 aromatic rings. The van der Waals surface area contributed by atoms with Crippen LogP contribution in [0.4, 0.5) is 11.4 Å². The highest BCUT2D eigenvalue weighted by Gasteiger charge is 2.32. The number of benzene rings is 2. The summed E-state index contributed by atoms with van der Waals surface area (Å²) in [6.07, 6.45) is 0.163. The molecular weight excluding hydrogens is 244 g/mol. The second kappa shape index (κ2) is 4.21. The largest absolute Gasteiger partial charge is 0.349 e. The van der Waals surface area contributed by atoms with E-state index in [1.165, 1.54) is 11.4 Å². The third-order valence-corrected chi connectivity index (χ3v) is 3.90. The second-order valence-corrected chi connectivity index (χ2v) is 5.01. The zero-order chi connectivity index (χ0) is 12.7. The van der Waals surface area contributed by atoms with Crippen molar-refractivity contribution in [3.05, 3.63) is 59.1 Å². The summed E-state index contributed by atoms with van der Waals surface area (Å²) >= 11 is 6.32. The van der Waals surface area contributed by atoms with Gasteiger partial charge in [0.15, 0.2) is 0 Å². The minimum Gasteiger partial charge on any atom is -0.349 e. The van der Waals surface area contributed by atoms with Crippen molar-refractivity contribution in [1.29, 1.82) is 0 Å². The number of halogens is 1. The second-order valence-electron chi connectivity index (χ2n) is 4.61. The molecule has 1 aliphatic heterocycles. The van der Waals surface area contributed by atoms with Crippen molar-refractivity contribution in [1.82, 2.24) is 0 Å². The molecule has 0 amide bonds. The van der Waals surface area contributed by atoms with Crippen molar-refractivity contribution >= 4 is 23.0 Å². The van der Waals surface area contributed by atoms with Gasteiger partial charge in [0.1, 0.15) is 6.17 Å². The summed E-state index contributed by atoms with van der Waals surface area (Å²) < 4.78 is 0. The fourth-order valence-electron chi connectivity index (χ4n) is 2.69. The smallest absolute Gasteiger partial charge is 0.129 e. The van der Waals surface area contributed by atoms with Crippen LogP contribution < -0.4 is 9.80 Å². The zero-order valence-electron chi connectivity index (χ0n) is 10.5. The minimum absolute atomic E-state index is 0.163. The summed E-state index contributed by atoms with van der Waals surface area (Å²) in [4.78, 5) is 4.52. The van der Waals surface area contributed by atoms with Crippen LogP contribution in [0.5, 0.6) is 0 Å². The van der Waals surface area contributed by atoms with Gasteiger partial charge in [0.25, 0.3) is 0 Å². The van der Waals surface area contributed by atoms with Gasteiger partial charge in [0, 0.05) is 24.7 Å². The van der Waals surface area contributed by atoms with Crippen LogP contribution in [0.2, 0.25) is 5.02 Å². The Morgan fingerprint density at radius 3 is 1.89 bits per heavy atom. The van der Waals surface area contributed by atoms with Gasteiger partial charge in [-0.3, -0.25) is 0 Å². The van der Waals surface area contributed by atoms with Crippen molar-refractivity contribution in [2.24, 2.45) is 0 Å². The van der Waals surface area contributed by atoms with E-state index >= 15 is 0 Å². The first-order valence-electron chi connectivity index (χ1n) is 5.99. The molecule has 0 saturated carbocycles. The van der Waals surface area contributed by atoms with Gasteiger partial charge >= 0.3 is 0 Å². The molecule has 0 saturated heterocycles. The fraction of sp³-hybridized carbons (Fsp3) is 0.200. The molecule has 0 spiro atoms. The zero-order valence-corrected chi connectivity index (χ0v) is 11.2. The summed E-state index contributed by atoms with van der Waals surface area (Å²) in [5.41, 5.74) is 3.62. The SMILES string of the molecule is CN1c2ccccc2N(C)C1c1ccccc1Cl. The van der Waals surface area contributed by atoms with Crippen molar-refractivity contribution in [2.75, 3.05) is 23.9 Å². The van der Waals surface area contributed by atoms with Crippen LogP contribution in [0.25, 0.3) is 0 Å². The molecule has 92 valence electrons. The average molecular weight is 259 g/mol. The minimum atomic E-state index is 0.163. The quantitative estimate of drug-likeness (QED) is 0.765. The van der Waals surface area contributed by atoms with Gasteiger partial charge in [-0.1, -0.05) is 41.9 Å². The molecule has 0 unspecified atom stereocenters. The average Bonchev–Trinajstić information content (AvgIpc) is 2.64. The van der Waals surface area contributed by atoms with Crippen LogP contribution in [0.1, 0.15) is 11.7 Å². The van der Waals surface area contributed by atoms with Gasteiger partial charge in [-0.2, -0.15) is 0 Å². The maximum Gasteiger partial charge on any atom is 0.129 e. The van der Waals surface area contributed by atoms with E-state index in [9.17, 15) is 0 Å². The summed E-state index contributed by atoms with van der Waals surface area (Å²) in [6.45, 7) is 0. The summed E-state index contributed by atoms with van der Waals surface area (Å²) in [6, 6.07) is 16.5. The van der Waals surface area contributed by atoms with E-state index in [1.807, 2.05) is 18.2 Å². The van der Waals surface area contributed by atoms with E-state index in [0.717, 1.165) is 10.6 Å². The molecule has 2 aromatic carbocycles. The molecule has 1 heterocycles. The Labute approximate surface area is 112 Å². The van der Waals surface area contributed by atoms with Crippen LogP contribution in [-0.4, -0.2) is 14.1 Å². The number of rotatable bonds is 1. The van der Waals surface area contributed by atoms with Crippen LogP contribution in [0, 0.1) is 0 Å². The Hall–Kier alpha value is -1.67. The van der Waals surface area contributed by atoms with Crippen LogP contribution >= 0.6 is 11.6 Å². The van der Waals surface area contributed by atoms with E-state index in [4.69, 9.17) is 11.6 Å². The first-order valence-corrected chi connectivity index (χ1v) is 6.37. The molecule has 0 radical (unpaired) electrons. The molecule has 0 atom stereocenters. The number of para-hydroxylation sites is 2. The third-order valence-electron chi connectivity index (χ3n) is 3.56. The van der Waals surface area contributed by atoms with E-state index in [2.05, 4.69) is 54.2 Å². The lowest BCUT2D eigenvalue weighted by Crippen LogP contribution is -2.30. The predicted molar refractivity (Wildman–Crippen MR) is 77.4 cm³/mol. The molecular formula is C15H15ClN2. The standard InChI is InChI=1S/C15H15ClN2/c1-17-13-9-5-6-10-14(13)18(2)15(17)11-7-3-4-8-12(11)16/h3-10,15H,1-2H3. The number of hydrogen-bond acceptors (Lipinski definition) is 2. The number of nitrogens with zero attached hydrogens (tertiary/aromatic N) is 2. The van der Waals surface area contributed by atoms with Gasteiger partial charge in [-0.15, -0.1) is 0 Å². The third kappa shape index (κ3) is 1.57. The van der Waals surface area contributed by atoms with Gasteiger partial charge in [-0.05, 0) is 18.2 Å². The molecule has 2 nitrogen and oxygen atoms in total. The van der Waals surface area contributed by atoms with Crippen LogP contribution in [0.15, 0.2) is 48.5 Å². The van der Waals surface area contributed by atoms with Crippen LogP contribution in [0.3, 0.4) is 0 Å². The number of anilines is 2. The van der Waals surface area contributed by atoms with Gasteiger partial charge in [0.05, 0.1) is 11.4 Å². The molecule has 3 heteroatoms. The Kier molecular flexibility index (Phi) is 2.67. The predicted octanol–water partition coefficient (Wildman–Crippen LogP) is 3.92. The van der Waals surface area contributed by atoms with E-state index in [-0.39, 0.29) is 6.17 Å². The molecule has 3 rings (SSSR count). The van der Waals surface area contributed by atoms with E-state index in [0.29, 0.717) is 0 Å². The molecule has 1 aliphatic rings. The number of hydrogen-bond donors (Lipinski definition) is 0. The Morgan fingerprint density at radius 2 is 1.33 bits per heavy atom. The van der Waals surface area contributed by atoms with Crippen LogP contribution in [-0.2, 0) is 0 Å². The lowest BCUT2D eigenvalue weighted by Gasteiger charge is -2.28. The van der Waals surface area contributed by atoms with E-state index < -0.39 is 0 Å². The Morgan fingerprint density at radius 1 is 0.833 bits per heavy atom. The maximum absolute atomic E-state index is 6.32. The van der Waals surface area contributed by atoms with Crippen molar-refractivity contribution in [2.45, 2.75) is 6.17 Å². The van der Waals surface area contributed by atoms with Gasteiger partial charge < -0.3 is 9.80 Å². The molecule has 0 bridgehead atoms. The first-order chi connectivity index (χ1) is 8.70. The Balaban J connectivity index is 2.10. The van der Waals surface area contributed by atoms with Crippen molar-refractivity contribution in [3.63, 3.8) is 0 Å². The summed E-state index contributed by atoms with van der Waals surface area (Å²) in [5.74, 6) is 0. The fourth-order valence-corrected chi connectivity index (χ4v) is 2.92. The molecule has 18 heavy (non-hydrogen) atoms. The normalized spacial score (nSPS) is 15.1. The highest BCUT2D eigenvalue weighted by atomic mass is 35.5. The monoisotopic (exact) mass is 258 g/mol. The number of fused-ring (bicyclic) bond motifs is 1. The van der Waals surface area contributed by atoms with Crippen molar-refractivity contribution < 1.29 is 0 Å². The topological polar surface area (TPSA) is 6.48 Å². The molecule has 0 aromatic heterocycles. The molecule has 0 aliphatic carbocycles. The highest BCUT2D eigenvalue weighted by molar-refractivity contribution is 6.31. The Bertz CT molecular complexity index is 553. The van der Waals surface area contributed by atoms with Gasteiger partial charge in [0.2, 0.25) is 0 Å². The summed E-state index contributed by atoms with van der Waals surface area (Å²) in [7, 11) is 4.21. The first kappa shape index (κ1) is 11.4. The van der Waals surface area contributed by atoms with E-state index in [1.54, 1.807) is 0 Å². The molecule has 0 N–H and O–H groups in total. The van der Waals surface area contributed by atoms with Gasteiger partial charge in [-0.25, -0.2) is 0 Å². The lowest BCUT2D eigenvalue weighted by molar-refractivity contribution is 0.695.